The first kappa shape index (κ1) is 25.3. The van der Waals surface area contributed by atoms with Crippen LogP contribution in [0.15, 0.2) is 29.3 Å². The second-order valence-electron chi connectivity index (χ2n) is 9.24. The Labute approximate surface area is 200 Å². The summed E-state index contributed by atoms with van der Waals surface area (Å²) in [6.07, 6.45) is 2.66. The predicted molar refractivity (Wildman–Crippen MR) is 132 cm³/mol. The number of hydrogen-bond acceptors (Lipinski definition) is 5. The van der Waals surface area contributed by atoms with Crippen molar-refractivity contribution in [3.05, 3.63) is 30.0 Å². The van der Waals surface area contributed by atoms with E-state index in [0.717, 1.165) is 23.7 Å². The Morgan fingerprint density at radius 3 is 2.76 bits per heavy atom. The summed E-state index contributed by atoms with van der Waals surface area (Å²) in [4.78, 5) is 45.5. The molecule has 2 heterocycles. The third-order valence-electron chi connectivity index (χ3n) is 6.08. The van der Waals surface area contributed by atoms with Crippen LogP contribution in [0.4, 0.5) is 0 Å². The molecule has 4 N–H and O–H groups in total. The lowest BCUT2D eigenvalue weighted by atomic mass is 9.91. The molecule has 0 radical (unpaired) electrons. The molecule has 0 aliphatic carbocycles. The number of rotatable bonds is 11. The summed E-state index contributed by atoms with van der Waals surface area (Å²) in [6.45, 7) is 8.53. The van der Waals surface area contributed by atoms with Gasteiger partial charge in [0, 0.05) is 29.4 Å². The molecule has 3 amide bonds. The lowest BCUT2D eigenvalue weighted by Gasteiger charge is -2.28. The number of amides is 3. The largest absolute Gasteiger partial charge is 0.496 e. The van der Waals surface area contributed by atoms with Crippen molar-refractivity contribution < 1.29 is 19.1 Å². The molecule has 1 aliphatic heterocycles. The number of nitrogens with zero attached hydrogens (tertiary/aromatic N) is 1. The summed E-state index contributed by atoms with van der Waals surface area (Å²) in [5.41, 5.74) is 1.13. The highest BCUT2D eigenvalue weighted by atomic mass is 16.5. The van der Waals surface area contributed by atoms with E-state index in [0.29, 0.717) is 37.4 Å². The van der Waals surface area contributed by atoms with Gasteiger partial charge in [-0.25, -0.2) is 0 Å². The minimum atomic E-state index is -0.728. The Morgan fingerprint density at radius 1 is 1.29 bits per heavy atom. The number of aromatic nitrogens is 1. The molecule has 0 spiro atoms. The number of aliphatic imine (C=N–C) groups is 1. The van der Waals surface area contributed by atoms with Gasteiger partial charge in [0.25, 0.3) is 5.91 Å². The summed E-state index contributed by atoms with van der Waals surface area (Å²) in [5.74, 6) is 0.0237. The van der Waals surface area contributed by atoms with Crippen molar-refractivity contribution in [2.24, 2.45) is 16.8 Å². The monoisotopic (exact) mass is 469 g/mol. The van der Waals surface area contributed by atoms with Gasteiger partial charge in [0.1, 0.15) is 17.5 Å². The average Bonchev–Trinajstić information content (AvgIpc) is 3.24. The number of carbonyl (C=O) groups excluding carboxylic acids is 3. The summed E-state index contributed by atoms with van der Waals surface area (Å²) >= 11 is 0. The molecule has 3 atom stereocenters. The quantitative estimate of drug-likeness (QED) is 0.377. The van der Waals surface area contributed by atoms with Gasteiger partial charge in [0.2, 0.25) is 11.8 Å². The maximum Gasteiger partial charge on any atom is 0.268 e. The fraction of sp³-hybridized carbons (Fsp3) is 0.520. The van der Waals surface area contributed by atoms with Gasteiger partial charge in [-0.15, -0.1) is 0 Å². The molecule has 9 nitrogen and oxygen atoms in total. The highest BCUT2D eigenvalue weighted by Crippen LogP contribution is 2.26. The zero-order chi connectivity index (χ0) is 24.7. The number of nitrogens with one attached hydrogen (secondary N) is 4. The van der Waals surface area contributed by atoms with Gasteiger partial charge in [0.05, 0.1) is 13.7 Å². The normalized spacial score (nSPS) is 17.6. The Morgan fingerprint density at radius 2 is 2.09 bits per heavy atom. The van der Waals surface area contributed by atoms with Gasteiger partial charge in [-0.1, -0.05) is 19.9 Å². The Kier molecular flexibility index (Phi) is 8.67. The fourth-order valence-corrected chi connectivity index (χ4v) is 4.41. The number of ether oxygens (including phenoxy) is 1. The Balaban J connectivity index is 1.72. The van der Waals surface area contributed by atoms with Crippen LogP contribution in [0.2, 0.25) is 0 Å². The molecule has 9 heteroatoms. The molecule has 1 aromatic carbocycles. The summed E-state index contributed by atoms with van der Waals surface area (Å²) in [6, 6.07) is 6.19. The van der Waals surface area contributed by atoms with Crippen LogP contribution in [0.25, 0.3) is 10.9 Å². The van der Waals surface area contributed by atoms with Crippen molar-refractivity contribution in [2.75, 3.05) is 20.2 Å². The second-order valence-corrected chi connectivity index (χ2v) is 9.24. The van der Waals surface area contributed by atoms with Gasteiger partial charge in [-0.05, 0) is 56.5 Å². The van der Waals surface area contributed by atoms with Crippen molar-refractivity contribution >= 4 is 35.3 Å². The number of piperidine rings is 1. The summed E-state index contributed by atoms with van der Waals surface area (Å²) in [5, 5.41) is 9.54. The summed E-state index contributed by atoms with van der Waals surface area (Å²) in [7, 11) is 1.58. The average molecular weight is 470 g/mol. The van der Waals surface area contributed by atoms with Gasteiger partial charge in [-0.2, -0.15) is 0 Å². The Hall–Kier alpha value is -3.36. The molecule has 1 saturated heterocycles. The predicted octanol–water partition coefficient (Wildman–Crippen LogP) is 2.42. The maximum atomic E-state index is 13.2. The molecule has 34 heavy (non-hydrogen) atoms. The van der Waals surface area contributed by atoms with Crippen molar-refractivity contribution in [3.63, 3.8) is 0 Å². The standard InChI is InChI=1S/C25H35N5O4/c1-15(2)11-20(24(32)28-17(14-26-3)12-16-7-6-10-27-23(16)31)30-25(33)21-13-18-19(29-21)8-5-9-22(18)34-4/h5,8-9,13,15-17,20,29H,3,6-7,10-12,14H2,1-2,4H3,(H,27,31)(H,28,32)(H,30,33)/t16-,17-,20-/m0/s1. The molecule has 3 rings (SSSR count). The zero-order valence-corrected chi connectivity index (χ0v) is 20.1. The van der Waals surface area contributed by atoms with Gasteiger partial charge in [-0.3, -0.25) is 19.4 Å². The van der Waals surface area contributed by atoms with E-state index in [2.05, 4.69) is 32.6 Å². The molecule has 0 saturated carbocycles. The molecule has 1 aromatic heterocycles. The number of fused-ring (bicyclic) bond motifs is 1. The van der Waals surface area contributed by atoms with Crippen molar-refractivity contribution in [1.82, 2.24) is 20.9 Å². The number of carbonyl (C=O) groups is 3. The number of methoxy groups -OCH3 is 1. The van der Waals surface area contributed by atoms with Crippen LogP contribution in [-0.4, -0.2) is 61.7 Å². The van der Waals surface area contributed by atoms with Crippen LogP contribution in [0.5, 0.6) is 5.75 Å². The SMILES string of the molecule is C=NC[C@H](C[C@@H]1CCCNC1=O)NC(=O)[C@H](CC(C)C)NC(=O)c1cc2c(OC)cccc2[nH]1. The highest BCUT2D eigenvalue weighted by Gasteiger charge is 2.29. The van der Waals surface area contributed by atoms with E-state index >= 15 is 0 Å². The second kappa shape index (κ2) is 11.7. The van der Waals surface area contributed by atoms with Crippen LogP contribution in [0, 0.1) is 11.8 Å². The molecule has 2 aromatic rings. The number of hydrogen-bond donors (Lipinski definition) is 4. The van der Waals surface area contributed by atoms with Crippen LogP contribution in [0.3, 0.4) is 0 Å². The van der Waals surface area contributed by atoms with E-state index in [4.69, 9.17) is 4.74 Å². The number of H-pyrrole nitrogens is 1. The molecular formula is C25H35N5O4. The van der Waals surface area contributed by atoms with Crippen LogP contribution < -0.4 is 20.7 Å². The van der Waals surface area contributed by atoms with Crippen LogP contribution in [0.1, 0.15) is 50.0 Å². The van der Waals surface area contributed by atoms with E-state index in [-0.39, 0.29) is 35.6 Å². The van der Waals surface area contributed by atoms with E-state index < -0.39 is 6.04 Å². The first-order chi connectivity index (χ1) is 16.3. The van der Waals surface area contributed by atoms with Gasteiger partial charge >= 0.3 is 0 Å². The Bertz CT molecular complexity index is 1030. The van der Waals surface area contributed by atoms with Gasteiger partial charge in [0.15, 0.2) is 0 Å². The van der Waals surface area contributed by atoms with E-state index in [9.17, 15) is 14.4 Å². The van der Waals surface area contributed by atoms with Crippen LogP contribution in [-0.2, 0) is 9.59 Å². The lowest BCUT2D eigenvalue weighted by molar-refractivity contribution is -0.128. The maximum absolute atomic E-state index is 13.2. The minimum Gasteiger partial charge on any atom is -0.496 e. The molecule has 0 unspecified atom stereocenters. The zero-order valence-electron chi connectivity index (χ0n) is 20.1. The third kappa shape index (κ3) is 6.36. The lowest BCUT2D eigenvalue weighted by Crippen LogP contribution is -2.52. The van der Waals surface area contributed by atoms with E-state index in [1.807, 2.05) is 32.0 Å². The minimum absolute atomic E-state index is 0.0100. The first-order valence-corrected chi connectivity index (χ1v) is 11.8. The molecule has 1 aliphatic rings. The molecule has 0 bridgehead atoms. The van der Waals surface area contributed by atoms with Crippen molar-refractivity contribution in [2.45, 2.75) is 51.6 Å². The highest BCUT2D eigenvalue weighted by molar-refractivity contribution is 6.01. The topological polar surface area (TPSA) is 125 Å². The third-order valence-corrected chi connectivity index (χ3v) is 6.08. The summed E-state index contributed by atoms with van der Waals surface area (Å²) < 4.78 is 5.37. The van der Waals surface area contributed by atoms with Crippen LogP contribution >= 0.6 is 0 Å². The first-order valence-electron chi connectivity index (χ1n) is 11.8. The van der Waals surface area contributed by atoms with Crippen molar-refractivity contribution in [1.29, 1.82) is 0 Å². The molecule has 1 fully saturated rings. The fourth-order valence-electron chi connectivity index (χ4n) is 4.41. The van der Waals surface area contributed by atoms with E-state index in [1.165, 1.54) is 0 Å². The number of aromatic amines is 1. The van der Waals surface area contributed by atoms with Crippen molar-refractivity contribution in [3.8, 4) is 5.75 Å². The smallest absolute Gasteiger partial charge is 0.268 e. The molecular weight excluding hydrogens is 434 g/mol. The number of benzene rings is 1. The van der Waals surface area contributed by atoms with Gasteiger partial charge < -0.3 is 25.7 Å². The molecule has 184 valence electrons. The van der Waals surface area contributed by atoms with E-state index in [1.54, 1.807) is 13.2 Å².